The lowest BCUT2D eigenvalue weighted by molar-refractivity contribution is 0.691. The number of nitrogens with zero attached hydrogens (tertiary/aromatic N) is 1. The molecule has 0 aromatic heterocycles. The van der Waals surface area contributed by atoms with Crippen molar-refractivity contribution in [1.82, 2.24) is 0 Å². The molecule has 2 nitrogen and oxygen atoms in total. The van der Waals surface area contributed by atoms with Gasteiger partial charge in [-0.2, -0.15) is 0 Å². The largest absolute Gasteiger partial charge is 0.150 e. The SMILES string of the molecule is CC.CC1=Cc2ccccc2C=CC1(C)N=O. The van der Waals surface area contributed by atoms with Crippen LogP contribution < -0.4 is 0 Å². The number of nitroso groups, excluding NO2 is 1. The monoisotopic (exact) mass is 229 g/mol. The maximum absolute atomic E-state index is 10.9. The molecular formula is C15H19NO. The third-order valence-corrected chi connectivity index (χ3v) is 2.94. The molecule has 2 heteroatoms. The van der Waals surface area contributed by atoms with E-state index in [0.29, 0.717) is 0 Å². The summed E-state index contributed by atoms with van der Waals surface area (Å²) in [6.45, 7) is 7.77. The van der Waals surface area contributed by atoms with Crippen LogP contribution in [0.5, 0.6) is 0 Å². The van der Waals surface area contributed by atoms with E-state index in [0.717, 1.165) is 16.7 Å². The molecule has 1 aliphatic rings. The van der Waals surface area contributed by atoms with Gasteiger partial charge in [0, 0.05) is 0 Å². The third kappa shape index (κ3) is 2.70. The van der Waals surface area contributed by atoms with Gasteiger partial charge in [-0.05, 0) is 36.6 Å². The van der Waals surface area contributed by atoms with Crippen molar-refractivity contribution in [3.8, 4) is 0 Å². The molecule has 1 unspecified atom stereocenters. The lowest BCUT2D eigenvalue weighted by Crippen LogP contribution is -2.18. The number of fused-ring (bicyclic) bond motifs is 1. The molecule has 1 atom stereocenters. The van der Waals surface area contributed by atoms with Gasteiger partial charge in [0.2, 0.25) is 0 Å². The third-order valence-electron chi connectivity index (χ3n) is 2.94. The summed E-state index contributed by atoms with van der Waals surface area (Å²) in [4.78, 5) is 10.9. The summed E-state index contributed by atoms with van der Waals surface area (Å²) in [6, 6.07) is 8.06. The van der Waals surface area contributed by atoms with Crippen LogP contribution in [0, 0.1) is 4.91 Å². The number of rotatable bonds is 1. The summed E-state index contributed by atoms with van der Waals surface area (Å²) in [6.07, 6.45) is 5.85. The van der Waals surface area contributed by atoms with E-state index in [1.807, 2.05) is 70.2 Å². The zero-order chi connectivity index (χ0) is 12.9. The van der Waals surface area contributed by atoms with Crippen LogP contribution in [-0.4, -0.2) is 5.54 Å². The van der Waals surface area contributed by atoms with Crippen LogP contribution in [0.1, 0.15) is 38.8 Å². The zero-order valence-electron chi connectivity index (χ0n) is 10.9. The summed E-state index contributed by atoms with van der Waals surface area (Å²) < 4.78 is 0. The predicted octanol–water partition coefficient (Wildman–Crippen LogP) is 4.67. The van der Waals surface area contributed by atoms with Gasteiger partial charge < -0.3 is 0 Å². The summed E-state index contributed by atoms with van der Waals surface area (Å²) >= 11 is 0. The van der Waals surface area contributed by atoms with Crippen LogP contribution in [0.15, 0.2) is 41.1 Å². The highest BCUT2D eigenvalue weighted by atomic mass is 16.3. The molecule has 17 heavy (non-hydrogen) atoms. The molecule has 1 aromatic rings. The molecule has 0 heterocycles. The Morgan fingerprint density at radius 2 is 1.71 bits per heavy atom. The molecule has 0 saturated heterocycles. The summed E-state index contributed by atoms with van der Waals surface area (Å²) in [7, 11) is 0. The van der Waals surface area contributed by atoms with Gasteiger partial charge in [-0.25, -0.2) is 0 Å². The molecule has 0 amide bonds. The smallest absolute Gasteiger partial charge is 0.139 e. The van der Waals surface area contributed by atoms with E-state index in [1.165, 1.54) is 0 Å². The second-order valence-electron chi connectivity index (χ2n) is 4.03. The number of hydrogen-bond acceptors (Lipinski definition) is 2. The molecule has 0 spiro atoms. The Balaban J connectivity index is 0.000000686. The van der Waals surface area contributed by atoms with Crippen molar-refractivity contribution in [1.29, 1.82) is 0 Å². The Morgan fingerprint density at radius 3 is 2.29 bits per heavy atom. The Hall–Kier alpha value is -1.70. The van der Waals surface area contributed by atoms with Gasteiger partial charge in [0.15, 0.2) is 0 Å². The zero-order valence-corrected chi connectivity index (χ0v) is 10.9. The fourth-order valence-corrected chi connectivity index (χ4v) is 1.66. The van der Waals surface area contributed by atoms with E-state index in [4.69, 9.17) is 0 Å². The first kappa shape index (κ1) is 13.4. The molecule has 0 radical (unpaired) electrons. The van der Waals surface area contributed by atoms with Crippen molar-refractivity contribution in [2.45, 2.75) is 33.2 Å². The summed E-state index contributed by atoms with van der Waals surface area (Å²) in [5.41, 5.74) is 2.53. The molecular weight excluding hydrogens is 210 g/mol. The van der Waals surface area contributed by atoms with Crippen molar-refractivity contribution < 1.29 is 0 Å². The minimum Gasteiger partial charge on any atom is -0.150 e. The fourth-order valence-electron chi connectivity index (χ4n) is 1.66. The molecule has 0 bridgehead atoms. The molecule has 2 rings (SSSR count). The van der Waals surface area contributed by atoms with Crippen LogP contribution >= 0.6 is 0 Å². The lowest BCUT2D eigenvalue weighted by Gasteiger charge is -2.16. The first-order valence-electron chi connectivity index (χ1n) is 5.97. The summed E-state index contributed by atoms with van der Waals surface area (Å²) in [5.74, 6) is 0. The number of hydrogen-bond donors (Lipinski definition) is 0. The molecule has 0 aliphatic heterocycles. The van der Waals surface area contributed by atoms with Gasteiger partial charge >= 0.3 is 0 Å². The van der Waals surface area contributed by atoms with Gasteiger partial charge in [0.25, 0.3) is 0 Å². The van der Waals surface area contributed by atoms with Crippen LogP contribution in [0.4, 0.5) is 0 Å². The molecule has 0 saturated carbocycles. The maximum atomic E-state index is 10.9. The first-order chi connectivity index (χ1) is 8.15. The average molecular weight is 229 g/mol. The molecule has 1 aliphatic carbocycles. The van der Waals surface area contributed by atoms with Crippen molar-refractivity contribution in [3.05, 3.63) is 51.9 Å². The quantitative estimate of drug-likeness (QED) is 0.643. The Labute approximate surface area is 103 Å². The van der Waals surface area contributed by atoms with Gasteiger partial charge in [0.1, 0.15) is 5.54 Å². The van der Waals surface area contributed by atoms with E-state index in [2.05, 4.69) is 5.18 Å². The highest BCUT2D eigenvalue weighted by Crippen LogP contribution is 2.30. The second kappa shape index (κ2) is 5.58. The maximum Gasteiger partial charge on any atom is 0.139 e. The van der Waals surface area contributed by atoms with Crippen molar-refractivity contribution in [2.75, 3.05) is 0 Å². The molecule has 0 N–H and O–H groups in total. The van der Waals surface area contributed by atoms with Crippen molar-refractivity contribution >= 4 is 12.2 Å². The Kier molecular flexibility index (Phi) is 4.38. The summed E-state index contributed by atoms with van der Waals surface area (Å²) in [5, 5.41) is 3.20. The highest BCUT2D eigenvalue weighted by molar-refractivity contribution is 5.71. The lowest BCUT2D eigenvalue weighted by atomic mass is 9.94. The normalized spacial score (nSPS) is 21.5. The van der Waals surface area contributed by atoms with E-state index in [-0.39, 0.29) is 0 Å². The average Bonchev–Trinajstić information content (AvgIpc) is 2.51. The van der Waals surface area contributed by atoms with Gasteiger partial charge in [-0.15, -0.1) is 4.91 Å². The first-order valence-corrected chi connectivity index (χ1v) is 5.97. The second-order valence-corrected chi connectivity index (χ2v) is 4.03. The van der Waals surface area contributed by atoms with Gasteiger partial charge in [-0.3, -0.25) is 0 Å². The van der Waals surface area contributed by atoms with E-state index < -0.39 is 5.54 Å². The predicted molar refractivity (Wildman–Crippen MR) is 74.7 cm³/mol. The van der Waals surface area contributed by atoms with E-state index in [9.17, 15) is 4.91 Å². The van der Waals surface area contributed by atoms with Crippen LogP contribution in [0.2, 0.25) is 0 Å². The minimum absolute atomic E-state index is 0.709. The van der Waals surface area contributed by atoms with Crippen molar-refractivity contribution in [2.24, 2.45) is 5.18 Å². The van der Waals surface area contributed by atoms with Crippen LogP contribution in [-0.2, 0) is 0 Å². The Bertz CT molecular complexity index is 460. The highest BCUT2D eigenvalue weighted by Gasteiger charge is 2.25. The minimum atomic E-state index is -0.709. The molecule has 1 aromatic carbocycles. The Morgan fingerprint density at radius 1 is 1.12 bits per heavy atom. The molecule has 90 valence electrons. The van der Waals surface area contributed by atoms with Crippen LogP contribution in [0.3, 0.4) is 0 Å². The topological polar surface area (TPSA) is 29.4 Å². The fraction of sp³-hybridized carbons (Fsp3) is 0.333. The number of benzene rings is 1. The standard InChI is InChI=1S/C13H13NO.C2H6/c1-10-9-12-6-4-3-5-11(12)7-8-13(10,2)14-15;1-2/h3-9H,1-2H3;1-2H3. The van der Waals surface area contributed by atoms with Gasteiger partial charge in [-0.1, -0.05) is 55.4 Å². The van der Waals surface area contributed by atoms with Crippen LogP contribution in [0.25, 0.3) is 12.2 Å². The van der Waals surface area contributed by atoms with Crippen molar-refractivity contribution in [3.63, 3.8) is 0 Å². The molecule has 0 fully saturated rings. The van der Waals surface area contributed by atoms with Gasteiger partial charge in [0.05, 0.1) is 0 Å². The van der Waals surface area contributed by atoms with E-state index >= 15 is 0 Å². The van der Waals surface area contributed by atoms with E-state index in [1.54, 1.807) is 0 Å².